The summed E-state index contributed by atoms with van der Waals surface area (Å²) in [6.45, 7) is 4.69. The predicted molar refractivity (Wildman–Crippen MR) is 103 cm³/mol. The van der Waals surface area contributed by atoms with Crippen molar-refractivity contribution in [3.8, 4) is 0 Å². The maximum Gasteiger partial charge on any atom is 0.313 e. The zero-order valence-corrected chi connectivity index (χ0v) is 17.0. The molecule has 4 aliphatic carbocycles. The number of carbonyl (C=O) groups excluding carboxylic acids is 1. The molecule has 26 heavy (non-hydrogen) atoms. The third-order valence-electron chi connectivity index (χ3n) is 9.63. The number of esters is 1. The lowest BCUT2D eigenvalue weighted by atomic mass is 9.47. The number of carbonyl (C=O) groups is 1. The minimum absolute atomic E-state index is 0.122. The van der Waals surface area contributed by atoms with Gasteiger partial charge in [-0.05, 0) is 95.6 Å². The lowest BCUT2D eigenvalue weighted by molar-refractivity contribution is -0.156. The molecule has 4 fully saturated rings. The summed E-state index contributed by atoms with van der Waals surface area (Å²) in [5, 5.41) is 0. The van der Waals surface area contributed by atoms with Gasteiger partial charge in [0.25, 0.3) is 0 Å². The van der Waals surface area contributed by atoms with Crippen LogP contribution in [0.4, 0.5) is 0 Å². The van der Waals surface area contributed by atoms with E-state index < -0.39 is 0 Å². The molecule has 0 radical (unpaired) electrons. The third kappa shape index (κ3) is 2.02. The zero-order chi connectivity index (χ0) is 18.3. The van der Waals surface area contributed by atoms with Crippen LogP contribution in [0, 0.1) is 34.5 Å². The van der Waals surface area contributed by atoms with Crippen LogP contribution in [0.5, 0.6) is 0 Å². The van der Waals surface area contributed by atoms with Gasteiger partial charge in [0.2, 0.25) is 0 Å². The largest absolute Gasteiger partial charge is 0.462 e. The van der Waals surface area contributed by atoms with E-state index in [1.165, 1.54) is 44.9 Å². The first-order chi connectivity index (χ1) is 12.4. The molecule has 8 atom stereocenters. The molecule has 0 aromatic carbocycles. The van der Waals surface area contributed by atoms with Crippen molar-refractivity contribution in [1.82, 2.24) is 4.90 Å². The first-order valence-corrected chi connectivity index (χ1v) is 10.9. The molecule has 0 N–H and O–H groups in total. The minimum atomic E-state index is -0.122. The number of hydrogen-bond donors (Lipinski definition) is 0. The first kappa shape index (κ1) is 17.3. The molecule has 3 nitrogen and oxygen atoms in total. The smallest absolute Gasteiger partial charge is 0.313 e. The second-order valence-corrected chi connectivity index (χ2v) is 10.5. The Hall–Kier alpha value is -0.830. The van der Waals surface area contributed by atoms with Crippen LogP contribution >= 0.6 is 0 Å². The summed E-state index contributed by atoms with van der Waals surface area (Å²) in [4.78, 5) is 15.4. The monoisotopic (exact) mass is 357 g/mol. The van der Waals surface area contributed by atoms with Crippen molar-refractivity contribution < 1.29 is 9.53 Å². The molecule has 0 amide bonds. The number of ether oxygens (including phenoxy) is 1. The van der Waals surface area contributed by atoms with E-state index in [4.69, 9.17) is 4.74 Å². The lowest BCUT2D eigenvalue weighted by Crippen LogP contribution is -2.53. The van der Waals surface area contributed by atoms with Crippen molar-refractivity contribution in [2.75, 3.05) is 14.1 Å². The molecule has 1 spiro atoms. The normalized spacial score (nSPS) is 52.7. The van der Waals surface area contributed by atoms with Gasteiger partial charge in [-0.15, -0.1) is 0 Å². The van der Waals surface area contributed by atoms with Gasteiger partial charge in [0.05, 0.1) is 5.41 Å². The molecule has 3 saturated carbocycles. The maximum absolute atomic E-state index is 12.9. The average Bonchev–Trinajstić information content (AvgIpc) is 3.10. The summed E-state index contributed by atoms with van der Waals surface area (Å²) < 4.78 is 5.78. The molecule has 0 bridgehead atoms. The van der Waals surface area contributed by atoms with Crippen LogP contribution in [0.3, 0.4) is 0 Å². The molecule has 1 aliphatic heterocycles. The van der Waals surface area contributed by atoms with Gasteiger partial charge in [0.1, 0.15) is 6.10 Å². The van der Waals surface area contributed by atoms with Crippen molar-refractivity contribution >= 4 is 5.97 Å². The summed E-state index contributed by atoms with van der Waals surface area (Å²) in [6, 6.07) is 0.710. The van der Waals surface area contributed by atoms with Gasteiger partial charge >= 0.3 is 5.97 Å². The summed E-state index contributed by atoms with van der Waals surface area (Å²) >= 11 is 0. The number of rotatable bonds is 1. The van der Waals surface area contributed by atoms with Gasteiger partial charge < -0.3 is 9.64 Å². The van der Waals surface area contributed by atoms with E-state index in [1.807, 2.05) is 0 Å². The minimum Gasteiger partial charge on any atom is -0.462 e. The fourth-order valence-corrected chi connectivity index (χ4v) is 8.22. The topological polar surface area (TPSA) is 29.5 Å². The number of nitrogens with zero attached hydrogens (tertiary/aromatic N) is 1. The van der Waals surface area contributed by atoms with Crippen LogP contribution in [0.1, 0.15) is 65.2 Å². The fourth-order valence-electron chi connectivity index (χ4n) is 8.22. The summed E-state index contributed by atoms with van der Waals surface area (Å²) in [5.41, 5.74) is 1.99. The van der Waals surface area contributed by atoms with E-state index >= 15 is 0 Å². The average molecular weight is 358 g/mol. The standard InChI is InChI=1S/C23H35NO2/c1-14-18-7-8-20-17-6-5-15-13-16(24(3)4)9-11-22(15,2)19(17)10-12-23(18,20)21(25)26-14/h5,14,16-20H,6-13H2,1-4H3/t14-,16+,17+,18+,19-,20-,22-,23-/m0/s1. The molecule has 1 heterocycles. The predicted octanol–water partition coefficient (Wildman–Crippen LogP) is 4.42. The van der Waals surface area contributed by atoms with E-state index in [2.05, 4.69) is 38.9 Å². The molecule has 5 aliphatic rings. The highest BCUT2D eigenvalue weighted by molar-refractivity contribution is 5.81. The van der Waals surface area contributed by atoms with Crippen molar-refractivity contribution in [2.45, 2.75) is 77.4 Å². The lowest BCUT2D eigenvalue weighted by Gasteiger charge is -2.57. The Morgan fingerprint density at radius 2 is 1.85 bits per heavy atom. The summed E-state index contributed by atoms with van der Waals surface area (Å²) in [5.74, 6) is 2.71. The van der Waals surface area contributed by atoms with Crippen LogP contribution in [-0.2, 0) is 9.53 Å². The van der Waals surface area contributed by atoms with Gasteiger partial charge in [0.15, 0.2) is 0 Å². The highest BCUT2D eigenvalue weighted by atomic mass is 16.6. The SMILES string of the molecule is C[C@@H]1OC(=O)[C@]23CC[C@H]4[C@@H](CC=C5C[C@H](N(C)C)CC[C@@]54C)[C@@H]2CC[C@H]13. The van der Waals surface area contributed by atoms with Gasteiger partial charge in [-0.1, -0.05) is 18.6 Å². The van der Waals surface area contributed by atoms with Crippen LogP contribution in [0.15, 0.2) is 11.6 Å². The Labute approximate surface area is 158 Å². The molecule has 0 unspecified atom stereocenters. The van der Waals surface area contributed by atoms with Crippen LogP contribution in [-0.4, -0.2) is 37.1 Å². The Morgan fingerprint density at radius 1 is 1.08 bits per heavy atom. The number of hydrogen-bond acceptors (Lipinski definition) is 3. The second-order valence-electron chi connectivity index (χ2n) is 10.5. The number of allylic oxidation sites excluding steroid dienone is 1. The van der Waals surface area contributed by atoms with Crippen LogP contribution < -0.4 is 0 Å². The Balaban J connectivity index is 1.48. The highest BCUT2D eigenvalue weighted by Crippen LogP contribution is 2.68. The van der Waals surface area contributed by atoms with Crippen LogP contribution in [0.2, 0.25) is 0 Å². The quantitative estimate of drug-likeness (QED) is 0.514. The molecule has 144 valence electrons. The Kier molecular flexibility index (Phi) is 3.72. The first-order valence-electron chi connectivity index (χ1n) is 10.9. The van der Waals surface area contributed by atoms with Gasteiger partial charge in [-0.2, -0.15) is 0 Å². The molecule has 0 aromatic heterocycles. The van der Waals surface area contributed by atoms with Gasteiger partial charge in [-0.25, -0.2) is 0 Å². The van der Waals surface area contributed by atoms with Gasteiger partial charge in [-0.3, -0.25) is 4.79 Å². The Bertz CT molecular complexity index is 655. The van der Waals surface area contributed by atoms with E-state index in [-0.39, 0.29) is 17.5 Å². The molecule has 3 heteroatoms. The van der Waals surface area contributed by atoms with Gasteiger partial charge in [0, 0.05) is 12.0 Å². The molecule has 1 saturated heterocycles. The van der Waals surface area contributed by atoms with Crippen molar-refractivity contribution in [3.05, 3.63) is 11.6 Å². The molecule has 0 aromatic rings. The molecular formula is C23H35NO2. The zero-order valence-electron chi connectivity index (χ0n) is 17.0. The Morgan fingerprint density at radius 3 is 2.62 bits per heavy atom. The molecule has 5 rings (SSSR count). The van der Waals surface area contributed by atoms with Crippen molar-refractivity contribution in [1.29, 1.82) is 0 Å². The van der Waals surface area contributed by atoms with E-state index in [1.54, 1.807) is 5.57 Å². The number of cyclic esters (lactones) is 1. The highest BCUT2D eigenvalue weighted by Gasteiger charge is 2.68. The fraction of sp³-hybridized carbons (Fsp3) is 0.870. The van der Waals surface area contributed by atoms with Crippen molar-refractivity contribution in [3.63, 3.8) is 0 Å². The van der Waals surface area contributed by atoms with Crippen LogP contribution in [0.25, 0.3) is 0 Å². The second kappa shape index (κ2) is 5.59. The molecular weight excluding hydrogens is 322 g/mol. The summed E-state index contributed by atoms with van der Waals surface area (Å²) in [6.07, 6.45) is 12.6. The van der Waals surface area contributed by atoms with E-state index in [9.17, 15) is 4.79 Å². The third-order valence-corrected chi connectivity index (χ3v) is 9.63. The summed E-state index contributed by atoms with van der Waals surface area (Å²) in [7, 11) is 4.46. The number of fused-ring (bicyclic) bond motifs is 4. The van der Waals surface area contributed by atoms with E-state index in [0.29, 0.717) is 29.2 Å². The van der Waals surface area contributed by atoms with Crippen molar-refractivity contribution in [2.24, 2.45) is 34.5 Å². The van der Waals surface area contributed by atoms with E-state index in [0.717, 1.165) is 12.3 Å². The maximum atomic E-state index is 12.9.